The lowest BCUT2D eigenvalue weighted by atomic mass is 10.1. The number of fused-ring (bicyclic) bond motifs is 1. The molecule has 0 saturated heterocycles. The Kier molecular flexibility index (Phi) is 4.11. The molecule has 2 aromatic rings. The highest BCUT2D eigenvalue weighted by Gasteiger charge is 2.18. The maximum atomic E-state index is 12.3. The van der Waals surface area contributed by atoms with Gasteiger partial charge in [0.25, 0.3) is 11.5 Å². The van der Waals surface area contributed by atoms with Gasteiger partial charge in [0.15, 0.2) is 4.77 Å². The maximum Gasteiger partial charge on any atom is 0.262 e. The molecule has 22 heavy (non-hydrogen) atoms. The molecule has 1 aromatic heterocycles. The van der Waals surface area contributed by atoms with Crippen molar-refractivity contribution in [1.29, 1.82) is 0 Å². The lowest BCUT2D eigenvalue weighted by Crippen LogP contribution is -2.32. The zero-order chi connectivity index (χ0) is 15.7. The number of rotatable bonds is 3. The molecular formula is C16H19N3O2S. The largest absolute Gasteiger partial charge is 0.349 e. The quantitative estimate of drug-likeness (QED) is 0.855. The summed E-state index contributed by atoms with van der Waals surface area (Å²) in [6, 6.07) is 5.37. The second-order valence-electron chi connectivity index (χ2n) is 5.69. The first-order valence-corrected chi connectivity index (χ1v) is 8.08. The monoisotopic (exact) mass is 317 g/mol. The third kappa shape index (κ3) is 2.70. The standard InChI is InChI=1S/C16H19N3O2S/c1-2-19-15(21)12-8-7-10(9-13(12)18-16(19)22)14(20)17-11-5-3-4-6-11/h7-9,11H,2-6H2,1H3,(H,17,20)(H,18,22). The second kappa shape index (κ2) is 6.04. The van der Waals surface area contributed by atoms with E-state index in [9.17, 15) is 9.59 Å². The number of aromatic nitrogens is 2. The molecule has 1 heterocycles. The van der Waals surface area contributed by atoms with Crippen LogP contribution >= 0.6 is 12.2 Å². The third-order valence-electron chi connectivity index (χ3n) is 4.25. The molecule has 2 N–H and O–H groups in total. The van der Waals surface area contributed by atoms with E-state index in [0.717, 1.165) is 12.8 Å². The van der Waals surface area contributed by atoms with E-state index >= 15 is 0 Å². The summed E-state index contributed by atoms with van der Waals surface area (Å²) in [7, 11) is 0. The van der Waals surface area contributed by atoms with Gasteiger partial charge in [0.2, 0.25) is 0 Å². The number of amides is 1. The Hall–Kier alpha value is -1.95. The molecule has 1 fully saturated rings. The molecule has 1 amide bonds. The summed E-state index contributed by atoms with van der Waals surface area (Å²) in [5.41, 5.74) is 1.04. The Morgan fingerprint density at radius 1 is 1.41 bits per heavy atom. The first-order chi connectivity index (χ1) is 10.6. The van der Waals surface area contributed by atoms with Crippen molar-refractivity contribution in [1.82, 2.24) is 14.9 Å². The van der Waals surface area contributed by atoms with Gasteiger partial charge in [0.1, 0.15) is 0 Å². The first kappa shape index (κ1) is 15.0. The second-order valence-corrected chi connectivity index (χ2v) is 6.08. The van der Waals surface area contributed by atoms with Crippen molar-refractivity contribution in [2.45, 2.75) is 45.2 Å². The number of H-pyrrole nitrogens is 1. The number of nitrogens with zero attached hydrogens (tertiary/aromatic N) is 1. The van der Waals surface area contributed by atoms with E-state index < -0.39 is 0 Å². The first-order valence-electron chi connectivity index (χ1n) is 7.68. The molecule has 0 unspecified atom stereocenters. The van der Waals surface area contributed by atoms with Gasteiger partial charge >= 0.3 is 0 Å². The Morgan fingerprint density at radius 3 is 2.82 bits per heavy atom. The minimum absolute atomic E-state index is 0.0900. The van der Waals surface area contributed by atoms with Crippen molar-refractivity contribution in [3.05, 3.63) is 38.9 Å². The van der Waals surface area contributed by atoms with Gasteiger partial charge in [0, 0.05) is 18.2 Å². The van der Waals surface area contributed by atoms with Crippen LogP contribution in [0.5, 0.6) is 0 Å². The predicted octanol–water partition coefficient (Wildman–Crippen LogP) is 2.75. The average Bonchev–Trinajstić information content (AvgIpc) is 3.00. The zero-order valence-electron chi connectivity index (χ0n) is 12.5. The van der Waals surface area contributed by atoms with Crippen molar-refractivity contribution < 1.29 is 4.79 Å². The van der Waals surface area contributed by atoms with Crippen LogP contribution < -0.4 is 10.9 Å². The maximum absolute atomic E-state index is 12.3. The fraction of sp³-hybridized carbons (Fsp3) is 0.438. The van der Waals surface area contributed by atoms with Crippen LogP contribution in [-0.4, -0.2) is 21.5 Å². The van der Waals surface area contributed by atoms with Gasteiger partial charge in [-0.05, 0) is 50.2 Å². The lowest BCUT2D eigenvalue weighted by molar-refractivity contribution is 0.0938. The number of benzene rings is 1. The summed E-state index contributed by atoms with van der Waals surface area (Å²) in [6.07, 6.45) is 4.44. The Morgan fingerprint density at radius 2 is 2.14 bits per heavy atom. The van der Waals surface area contributed by atoms with Crippen molar-refractivity contribution in [3.63, 3.8) is 0 Å². The highest BCUT2D eigenvalue weighted by Crippen LogP contribution is 2.18. The van der Waals surface area contributed by atoms with E-state index in [4.69, 9.17) is 12.2 Å². The number of carbonyl (C=O) groups is 1. The minimum Gasteiger partial charge on any atom is -0.349 e. The fourth-order valence-corrected chi connectivity index (χ4v) is 3.34. The van der Waals surface area contributed by atoms with E-state index in [1.54, 1.807) is 18.2 Å². The molecule has 0 atom stereocenters. The highest BCUT2D eigenvalue weighted by molar-refractivity contribution is 7.71. The number of nitrogens with one attached hydrogen (secondary N) is 2. The SMILES string of the molecule is CCn1c(=S)[nH]c2cc(C(=O)NC3CCCC3)ccc2c1=O. The smallest absolute Gasteiger partial charge is 0.262 e. The molecule has 0 aliphatic heterocycles. The fourth-order valence-electron chi connectivity index (χ4n) is 3.02. The summed E-state index contributed by atoms with van der Waals surface area (Å²) in [4.78, 5) is 27.7. The van der Waals surface area contributed by atoms with Crippen LogP contribution in [0.1, 0.15) is 43.0 Å². The summed E-state index contributed by atoms with van der Waals surface area (Å²) in [6.45, 7) is 2.40. The van der Waals surface area contributed by atoms with Gasteiger partial charge in [0.05, 0.1) is 10.9 Å². The molecule has 1 aliphatic rings. The van der Waals surface area contributed by atoms with Gasteiger partial charge in [-0.15, -0.1) is 0 Å². The number of hydrogen-bond acceptors (Lipinski definition) is 3. The van der Waals surface area contributed by atoms with Gasteiger partial charge in [-0.1, -0.05) is 12.8 Å². The molecule has 0 spiro atoms. The molecule has 1 saturated carbocycles. The van der Waals surface area contributed by atoms with Crippen LogP contribution in [0.15, 0.2) is 23.0 Å². The molecule has 116 valence electrons. The predicted molar refractivity (Wildman–Crippen MR) is 88.8 cm³/mol. The number of carbonyl (C=O) groups excluding carboxylic acids is 1. The van der Waals surface area contributed by atoms with Crippen LogP contribution in [-0.2, 0) is 6.54 Å². The third-order valence-corrected chi connectivity index (χ3v) is 4.57. The van der Waals surface area contributed by atoms with Crippen molar-refractivity contribution in [2.24, 2.45) is 0 Å². The topological polar surface area (TPSA) is 66.9 Å². The summed E-state index contributed by atoms with van der Waals surface area (Å²) >= 11 is 5.20. The van der Waals surface area contributed by atoms with E-state index in [1.807, 2.05) is 6.92 Å². The Balaban J connectivity index is 1.97. The van der Waals surface area contributed by atoms with Gasteiger partial charge in [-0.3, -0.25) is 14.2 Å². The van der Waals surface area contributed by atoms with Gasteiger partial charge < -0.3 is 10.3 Å². The summed E-state index contributed by atoms with van der Waals surface area (Å²) in [5, 5.41) is 3.60. The van der Waals surface area contributed by atoms with Crippen molar-refractivity contribution >= 4 is 29.0 Å². The van der Waals surface area contributed by atoms with Crippen LogP contribution in [0.25, 0.3) is 10.9 Å². The van der Waals surface area contributed by atoms with Crippen LogP contribution in [0.4, 0.5) is 0 Å². The van der Waals surface area contributed by atoms with E-state index in [1.165, 1.54) is 17.4 Å². The van der Waals surface area contributed by atoms with Crippen molar-refractivity contribution in [3.8, 4) is 0 Å². The van der Waals surface area contributed by atoms with Crippen LogP contribution in [0.3, 0.4) is 0 Å². The molecule has 0 radical (unpaired) electrons. The molecule has 1 aromatic carbocycles. The Labute approximate surface area is 133 Å². The highest BCUT2D eigenvalue weighted by atomic mass is 32.1. The molecule has 1 aliphatic carbocycles. The van der Waals surface area contributed by atoms with Gasteiger partial charge in [-0.2, -0.15) is 0 Å². The molecule has 3 rings (SSSR count). The van der Waals surface area contributed by atoms with Crippen LogP contribution in [0, 0.1) is 4.77 Å². The van der Waals surface area contributed by atoms with E-state index in [0.29, 0.717) is 27.8 Å². The Bertz CT molecular complexity index is 831. The zero-order valence-corrected chi connectivity index (χ0v) is 13.3. The molecule has 6 heteroatoms. The number of hydrogen-bond donors (Lipinski definition) is 2. The van der Waals surface area contributed by atoms with E-state index in [2.05, 4.69) is 10.3 Å². The van der Waals surface area contributed by atoms with Crippen molar-refractivity contribution in [2.75, 3.05) is 0 Å². The summed E-state index contributed by atoms with van der Waals surface area (Å²) in [5.74, 6) is -0.0900. The average molecular weight is 317 g/mol. The van der Waals surface area contributed by atoms with Gasteiger partial charge in [-0.25, -0.2) is 0 Å². The normalized spacial score (nSPS) is 15.3. The molecule has 0 bridgehead atoms. The van der Waals surface area contributed by atoms with E-state index in [-0.39, 0.29) is 17.5 Å². The molecular weight excluding hydrogens is 298 g/mol. The van der Waals surface area contributed by atoms with Crippen LogP contribution in [0.2, 0.25) is 0 Å². The number of aromatic amines is 1. The summed E-state index contributed by atoms with van der Waals surface area (Å²) < 4.78 is 1.89. The lowest BCUT2D eigenvalue weighted by Gasteiger charge is -2.12. The minimum atomic E-state index is -0.121. The molecule has 5 nitrogen and oxygen atoms in total.